The lowest BCUT2D eigenvalue weighted by molar-refractivity contribution is -0.141. The Hall–Kier alpha value is -1.89. The third-order valence-electron chi connectivity index (χ3n) is 5.39. The zero-order valence-electron chi connectivity index (χ0n) is 14.8. The molecule has 7 heteroatoms. The van der Waals surface area contributed by atoms with E-state index in [9.17, 15) is 9.59 Å². The summed E-state index contributed by atoms with van der Waals surface area (Å²) in [6, 6.07) is 0.0308. The first-order valence-corrected chi connectivity index (χ1v) is 8.56. The van der Waals surface area contributed by atoms with E-state index in [4.69, 9.17) is 4.74 Å². The zero-order valence-corrected chi connectivity index (χ0v) is 14.8. The predicted molar refractivity (Wildman–Crippen MR) is 88.3 cm³/mol. The third-order valence-corrected chi connectivity index (χ3v) is 5.39. The van der Waals surface area contributed by atoms with Gasteiger partial charge in [-0.3, -0.25) is 14.3 Å². The minimum absolute atomic E-state index is 0.00681. The van der Waals surface area contributed by atoms with Gasteiger partial charge < -0.3 is 15.0 Å². The van der Waals surface area contributed by atoms with Gasteiger partial charge in [0.25, 0.3) is 0 Å². The number of hydrogen-bond donors (Lipinski definition) is 1. The Morgan fingerprint density at radius 2 is 2.04 bits per heavy atom. The maximum atomic E-state index is 12.3. The number of carbonyl (C=O) groups excluding carboxylic acids is 2. The van der Waals surface area contributed by atoms with E-state index in [0.29, 0.717) is 19.6 Å². The summed E-state index contributed by atoms with van der Waals surface area (Å²) < 4.78 is 6.87. The summed E-state index contributed by atoms with van der Waals surface area (Å²) >= 11 is 0. The summed E-state index contributed by atoms with van der Waals surface area (Å²) in [6.45, 7) is 5.27. The van der Waals surface area contributed by atoms with Crippen molar-refractivity contribution in [1.82, 2.24) is 20.0 Å². The van der Waals surface area contributed by atoms with Crippen molar-refractivity contribution in [3.05, 3.63) is 17.0 Å². The van der Waals surface area contributed by atoms with Crippen molar-refractivity contribution >= 4 is 11.9 Å². The molecule has 3 atom stereocenters. The number of likely N-dealkylation sites (N-methyl/N-ethyl adjacent to an activating group) is 1. The van der Waals surface area contributed by atoms with Crippen molar-refractivity contribution in [1.29, 1.82) is 0 Å². The van der Waals surface area contributed by atoms with Crippen LogP contribution in [0.3, 0.4) is 0 Å². The summed E-state index contributed by atoms with van der Waals surface area (Å²) in [5, 5.41) is 7.99. The molecule has 132 valence electrons. The first kappa shape index (κ1) is 17.0. The molecule has 1 unspecified atom stereocenters. The van der Waals surface area contributed by atoms with Crippen LogP contribution >= 0.6 is 0 Å². The molecule has 1 amide bonds. The molecule has 2 aliphatic heterocycles. The molecular formula is C17H26N4O3. The number of nitrogens with one attached hydrogen (secondary N) is 1. The predicted octanol–water partition coefficient (Wildman–Crippen LogP) is 0.852. The monoisotopic (exact) mass is 334 g/mol. The Labute approximate surface area is 142 Å². The number of aryl methyl sites for hydroxylation is 2. The summed E-state index contributed by atoms with van der Waals surface area (Å²) in [5.74, 6) is 0.0417. The van der Waals surface area contributed by atoms with Crippen LogP contribution in [0.5, 0.6) is 0 Å². The molecule has 3 heterocycles. The van der Waals surface area contributed by atoms with Gasteiger partial charge in [0.05, 0.1) is 24.3 Å². The Morgan fingerprint density at radius 3 is 2.62 bits per heavy atom. The number of carbonyl (C=O) groups is 2. The standard InChI is InChI=1S/C17H26N4O3/c1-10-15(11(2)21(4)19-10)16-13(9-14(22)20(16)3)18-7-5-12-6-8-24-17(12)23/h12-13,16,18H,5-9H2,1-4H3/t12?,13-,16-/m1/s1. The van der Waals surface area contributed by atoms with Gasteiger partial charge in [-0.15, -0.1) is 0 Å². The van der Waals surface area contributed by atoms with Crippen molar-refractivity contribution in [2.75, 3.05) is 20.2 Å². The average Bonchev–Trinajstić information content (AvgIpc) is 3.13. The van der Waals surface area contributed by atoms with Crippen LogP contribution in [0.25, 0.3) is 0 Å². The van der Waals surface area contributed by atoms with Crippen LogP contribution < -0.4 is 5.32 Å². The van der Waals surface area contributed by atoms with Gasteiger partial charge >= 0.3 is 5.97 Å². The lowest BCUT2D eigenvalue weighted by atomic mass is 9.97. The Balaban J connectivity index is 1.71. The molecule has 24 heavy (non-hydrogen) atoms. The van der Waals surface area contributed by atoms with Crippen LogP contribution in [0, 0.1) is 19.8 Å². The van der Waals surface area contributed by atoms with Gasteiger partial charge in [-0.2, -0.15) is 5.10 Å². The van der Waals surface area contributed by atoms with Gasteiger partial charge in [0.2, 0.25) is 5.91 Å². The molecule has 2 aliphatic rings. The van der Waals surface area contributed by atoms with Crippen molar-refractivity contribution in [2.45, 2.75) is 45.2 Å². The van der Waals surface area contributed by atoms with E-state index in [1.54, 1.807) is 0 Å². The number of nitrogens with zero attached hydrogens (tertiary/aromatic N) is 3. The zero-order chi connectivity index (χ0) is 17.4. The molecule has 0 aliphatic carbocycles. The summed E-state index contributed by atoms with van der Waals surface area (Å²) in [5.41, 5.74) is 3.18. The van der Waals surface area contributed by atoms with E-state index in [2.05, 4.69) is 10.4 Å². The lowest BCUT2D eigenvalue weighted by Crippen LogP contribution is -2.37. The second-order valence-corrected chi connectivity index (χ2v) is 6.86. The van der Waals surface area contributed by atoms with Crippen molar-refractivity contribution < 1.29 is 14.3 Å². The first-order valence-electron chi connectivity index (χ1n) is 8.56. The lowest BCUT2D eigenvalue weighted by Gasteiger charge is -2.26. The molecule has 2 saturated heterocycles. The second kappa shape index (κ2) is 6.55. The van der Waals surface area contributed by atoms with Crippen LogP contribution in [-0.4, -0.2) is 52.8 Å². The van der Waals surface area contributed by atoms with Crippen LogP contribution in [0.2, 0.25) is 0 Å². The minimum Gasteiger partial charge on any atom is -0.465 e. The molecule has 1 N–H and O–H groups in total. The van der Waals surface area contributed by atoms with E-state index in [-0.39, 0.29) is 29.9 Å². The highest BCUT2D eigenvalue weighted by molar-refractivity contribution is 5.80. The van der Waals surface area contributed by atoms with E-state index >= 15 is 0 Å². The van der Waals surface area contributed by atoms with Gasteiger partial charge in [-0.1, -0.05) is 0 Å². The molecule has 7 nitrogen and oxygen atoms in total. The first-order chi connectivity index (χ1) is 11.4. The number of cyclic esters (lactones) is 1. The number of ether oxygens (including phenoxy) is 1. The summed E-state index contributed by atoms with van der Waals surface area (Å²) in [6.07, 6.45) is 2.03. The minimum atomic E-state index is -0.0908. The highest BCUT2D eigenvalue weighted by Gasteiger charge is 2.41. The van der Waals surface area contributed by atoms with E-state index in [0.717, 1.165) is 29.8 Å². The fourth-order valence-corrected chi connectivity index (χ4v) is 3.91. The Kier molecular flexibility index (Phi) is 4.62. The molecule has 1 aromatic heterocycles. The van der Waals surface area contributed by atoms with Gasteiger partial charge in [0.1, 0.15) is 0 Å². The molecule has 0 spiro atoms. The van der Waals surface area contributed by atoms with E-state index in [1.165, 1.54) is 0 Å². The Morgan fingerprint density at radius 1 is 1.29 bits per heavy atom. The fraction of sp³-hybridized carbons (Fsp3) is 0.706. The van der Waals surface area contributed by atoms with Gasteiger partial charge in [-0.05, 0) is 33.2 Å². The maximum absolute atomic E-state index is 12.3. The van der Waals surface area contributed by atoms with Crippen LogP contribution in [0.1, 0.15) is 42.3 Å². The van der Waals surface area contributed by atoms with Crippen molar-refractivity contribution in [2.24, 2.45) is 13.0 Å². The summed E-state index contributed by atoms with van der Waals surface area (Å²) in [4.78, 5) is 25.6. The number of aromatic nitrogens is 2. The number of likely N-dealkylation sites (tertiary alicyclic amines) is 1. The molecule has 0 aromatic carbocycles. The largest absolute Gasteiger partial charge is 0.465 e. The number of esters is 1. The van der Waals surface area contributed by atoms with E-state index in [1.807, 2.05) is 37.5 Å². The second-order valence-electron chi connectivity index (χ2n) is 6.86. The van der Waals surface area contributed by atoms with Crippen molar-refractivity contribution in [3.8, 4) is 0 Å². The molecule has 0 radical (unpaired) electrons. The van der Waals surface area contributed by atoms with Crippen LogP contribution in [0.4, 0.5) is 0 Å². The quantitative estimate of drug-likeness (QED) is 0.808. The summed E-state index contributed by atoms with van der Waals surface area (Å²) in [7, 11) is 3.78. The highest BCUT2D eigenvalue weighted by Crippen LogP contribution is 2.35. The van der Waals surface area contributed by atoms with Crippen molar-refractivity contribution in [3.63, 3.8) is 0 Å². The number of hydrogen-bond acceptors (Lipinski definition) is 5. The number of amides is 1. The Bertz CT molecular complexity index is 655. The van der Waals surface area contributed by atoms with Crippen LogP contribution in [-0.2, 0) is 21.4 Å². The van der Waals surface area contributed by atoms with Gasteiger partial charge in [-0.25, -0.2) is 0 Å². The van der Waals surface area contributed by atoms with Gasteiger partial charge in [0, 0.05) is 37.8 Å². The molecule has 0 saturated carbocycles. The average molecular weight is 334 g/mol. The number of rotatable bonds is 5. The smallest absolute Gasteiger partial charge is 0.309 e. The normalized spacial score (nSPS) is 27.2. The SMILES string of the molecule is Cc1nn(C)c(C)c1[C@H]1[C@H](NCCC2CCOC2=O)CC(=O)N1C. The highest BCUT2D eigenvalue weighted by atomic mass is 16.5. The molecule has 2 fully saturated rings. The van der Waals surface area contributed by atoms with Gasteiger partial charge in [0.15, 0.2) is 0 Å². The fourth-order valence-electron chi connectivity index (χ4n) is 3.91. The third kappa shape index (κ3) is 2.92. The molecular weight excluding hydrogens is 308 g/mol. The molecule has 0 bridgehead atoms. The molecule has 3 rings (SSSR count). The maximum Gasteiger partial charge on any atom is 0.309 e. The topological polar surface area (TPSA) is 76.5 Å². The van der Waals surface area contributed by atoms with E-state index < -0.39 is 0 Å². The molecule has 1 aromatic rings. The van der Waals surface area contributed by atoms with Crippen LogP contribution in [0.15, 0.2) is 0 Å².